The fourth-order valence-electron chi connectivity index (χ4n) is 10.8. The van der Waals surface area contributed by atoms with E-state index in [-0.39, 0.29) is 38.1 Å². The van der Waals surface area contributed by atoms with Crippen molar-refractivity contribution in [1.82, 2.24) is 40.4 Å². The lowest BCUT2D eigenvalue weighted by atomic mass is 9.95. The molecule has 2 aliphatic heterocycles. The zero-order valence-electron chi connectivity index (χ0n) is 48.7. The predicted molar refractivity (Wildman–Crippen MR) is 295 cm³/mol. The van der Waals surface area contributed by atoms with E-state index in [2.05, 4.69) is 16.0 Å². The summed E-state index contributed by atoms with van der Waals surface area (Å²) in [5, 5.41) is 8.83. The van der Waals surface area contributed by atoms with Crippen molar-refractivity contribution < 1.29 is 47.9 Å². The van der Waals surface area contributed by atoms with Crippen molar-refractivity contribution in [2.75, 3.05) is 34.7 Å². The van der Waals surface area contributed by atoms with Crippen LogP contribution in [0.5, 0.6) is 0 Å². The standard InChI is InChI=1S/C59H90N8O10/c1-17-39(12)50-58(75)65(15)48(37(8)9)53(70)61-43(32-40-25-20-18-21-26-40)54(71)63(13)45(33-41-27-22-19-23-28-41)56(73)67-30-24-29-44(67)51(68)62-46(35(4)5)57(74)64(14)47(36(6)7)52(69)60-42(31-34(2)3)55(72)66(16)49(38(10)11)59(76)77-50/h18-23,25-28,34-39,42-50H,17,24,29-33H2,1-16H3,(H,60,69)(H,61,70)(H,62,68)/t39-,42?,43+,44?,45+,46+,47-,48+,49?,50-/m0/s1. The molecule has 2 saturated heterocycles. The number of nitrogens with zero attached hydrogens (tertiary/aromatic N) is 5. The number of carbonyl (C=O) groups is 9. The van der Waals surface area contributed by atoms with Gasteiger partial charge in [0.05, 0.1) is 0 Å². The molecule has 2 aliphatic rings. The molecule has 4 rings (SSSR count). The average molecular weight is 1070 g/mol. The minimum Gasteiger partial charge on any atom is -0.450 e. The average Bonchev–Trinajstić information content (AvgIpc) is 3.88. The first-order valence-electron chi connectivity index (χ1n) is 27.7. The summed E-state index contributed by atoms with van der Waals surface area (Å²) in [7, 11) is 5.90. The second-order valence-electron chi connectivity index (χ2n) is 23.2. The van der Waals surface area contributed by atoms with Crippen molar-refractivity contribution in [1.29, 1.82) is 0 Å². The molecule has 2 heterocycles. The summed E-state index contributed by atoms with van der Waals surface area (Å²) in [5.74, 6) is -8.27. The van der Waals surface area contributed by atoms with E-state index >= 15 is 9.59 Å². The second-order valence-corrected chi connectivity index (χ2v) is 23.2. The molecule has 2 fully saturated rings. The van der Waals surface area contributed by atoms with Crippen LogP contribution in [0.1, 0.15) is 120 Å². The van der Waals surface area contributed by atoms with Crippen molar-refractivity contribution >= 4 is 53.2 Å². The molecule has 0 aromatic heterocycles. The smallest absolute Gasteiger partial charge is 0.329 e. The molecule has 8 amide bonds. The van der Waals surface area contributed by atoms with Gasteiger partial charge >= 0.3 is 5.97 Å². The maximum atomic E-state index is 15.2. The Morgan fingerprint density at radius 3 is 1.47 bits per heavy atom. The molecule has 3 unspecified atom stereocenters. The Kier molecular flexibility index (Phi) is 23.3. The fourth-order valence-corrected chi connectivity index (χ4v) is 10.8. The number of cyclic esters (lactones) is 1. The third kappa shape index (κ3) is 15.9. The largest absolute Gasteiger partial charge is 0.450 e. The molecule has 2 aromatic rings. The first kappa shape index (κ1) is 63.2. The van der Waals surface area contributed by atoms with Crippen LogP contribution in [-0.2, 0) is 60.7 Å². The van der Waals surface area contributed by atoms with Crippen LogP contribution < -0.4 is 16.0 Å². The van der Waals surface area contributed by atoms with Crippen LogP contribution in [0.15, 0.2) is 60.7 Å². The summed E-state index contributed by atoms with van der Waals surface area (Å²) >= 11 is 0. The number of amides is 8. The van der Waals surface area contributed by atoms with Gasteiger partial charge < -0.3 is 45.2 Å². The van der Waals surface area contributed by atoms with Gasteiger partial charge in [-0.05, 0) is 66.4 Å². The third-order valence-electron chi connectivity index (χ3n) is 15.3. The number of ether oxygens (including phenoxy) is 1. The van der Waals surface area contributed by atoms with Gasteiger partial charge in [0.15, 0.2) is 6.10 Å². The zero-order chi connectivity index (χ0) is 57.7. The van der Waals surface area contributed by atoms with Gasteiger partial charge in [-0.1, -0.05) is 144 Å². The summed E-state index contributed by atoms with van der Waals surface area (Å²) in [6.45, 7) is 21.7. The molecule has 10 atom stereocenters. The number of benzene rings is 2. The van der Waals surface area contributed by atoms with Crippen LogP contribution in [0.4, 0.5) is 0 Å². The van der Waals surface area contributed by atoms with Crippen molar-refractivity contribution in [2.24, 2.45) is 35.5 Å². The highest BCUT2D eigenvalue weighted by molar-refractivity contribution is 5.99. The molecule has 0 radical (unpaired) electrons. The lowest BCUT2D eigenvalue weighted by Gasteiger charge is -2.38. The van der Waals surface area contributed by atoms with E-state index in [4.69, 9.17) is 4.74 Å². The first-order valence-corrected chi connectivity index (χ1v) is 27.7. The third-order valence-corrected chi connectivity index (χ3v) is 15.3. The van der Waals surface area contributed by atoms with E-state index in [1.54, 1.807) is 62.3 Å². The number of fused-ring (bicyclic) bond motifs is 1. The van der Waals surface area contributed by atoms with Gasteiger partial charge in [-0.15, -0.1) is 0 Å². The Balaban J connectivity index is 1.95. The highest BCUT2D eigenvalue weighted by Gasteiger charge is 2.46. The lowest BCUT2D eigenvalue weighted by molar-refractivity contribution is -0.172. The van der Waals surface area contributed by atoms with Crippen LogP contribution in [-0.4, -0.2) is 167 Å². The van der Waals surface area contributed by atoms with Crippen LogP contribution >= 0.6 is 0 Å². The van der Waals surface area contributed by atoms with Gasteiger partial charge in [-0.3, -0.25) is 38.4 Å². The molecule has 18 heteroatoms. The Hall–Kier alpha value is -6.33. The highest BCUT2D eigenvalue weighted by atomic mass is 16.6. The molecular formula is C59H90N8O10. The van der Waals surface area contributed by atoms with Gasteiger partial charge in [-0.2, -0.15) is 0 Å². The van der Waals surface area contributed by atoms with E-state index < -0.39 is 137 Å². The van der Waals surface area contributed by atoms with Gasteiger partial charge in [0.2, 0.25) is 41.4 Å². The van der Waals surface area contributed by atoms with E-state index in [1.165, 1.54) is 52.7 Å². The molecule has 0 bridgehead atoms. The molecule has 0 saturated carbocycles. The van der Waals surface area contributed by atoms with Crippen molar-refractivity contribution in [3.63, 3.8) is 0 Å². The molecule has 0 aliphatic carbocycles. The molecule has 77 heavy (non-hydrogen) atoms. The van der Waals surface area contributed by atoms with Crippen LogP contribution in [0, 0.1) is 35.5 Å². The number of esters is 1. The van der Waals surface area contributed by atoms with Gasteiger partial charge in [0.25, 0.3) is 5.91 Å². The lowest BCUT2D eigenvalue weighted by Crippen LogP contribution is -2.62. The van der Waals surface area contributed by atoms with Crippen LogP contribution in [0.2, 0.25) is 0 Å². The van der Waals surface area contributed by atoms with Crippen LogP contribution in [0.3, 0.4) is 0 Å². The SMILES string of the molecule is CC[C@H](C)[C@@H]1OC(=O)C(C(C)C)N(C)C(=O)C(CC(C)C)NC(=O)[C@H](C(C)C)N(C)C(=O)[C@@H](C(C)C)NC(=O)C2CCCN2C(=O)[C@@H](Cc2ccccc2)N(C)C(=O)[C@@H](Cc2ccccc2)NC(=O)[C@@H](C(C)C)N(C)C1=O. The molecule has 0 spiro atoms. The summed E-state index contributed by atoms with van der Waals surface area (Å²) < 4.78 is 6.18. The topological polar surface area (TPSA) is 215 Å². The number of rotatable bonds is 12. The minimum absolute atomic E-state index is 0.0189. The van der Waals surface area contributed by atoms with Gasteiger partial charge in [0, 0.05) is 53.5 Å². The summed E-state index contributed by atoms with van der Waals surface area (Å²) in [6.07, 6.45) is 0.00497. The van der Waals surface area contributed by atoms with Crippen molar-refractivity contribution in [3.8, 4) is 0 Å². The summed E-state index contributed by atoms with van der Waals surface area (Å²) in [6, 6.07) is 9.04. The Morgan fingerprint density at radius 1 is 0.519 bits per heavy atom. The Morgan fingerprint density at radius 2 is 0.987 bits per heavy atom. The van der Waals surface area contributed by atoms with Gasteiger partial charge in [0.1, 0.15) is 48.3 Å². The maximum absolute atomic E-state index is 15.2. The van der Waals surface area contributed by atoms with E-state index in [1.807, 2.05) is 81.4 Å². The number of likely N-dealkylation sites (N-methyl/N-ethyl adjacent to an activating group) is 4. The molecule has 2 aromatic carbocycles. The van der Waals surface area contributed by atoms with E-state index in [0.29, 0.717) is 18.4 Å². The number of carbonyl (C=O) groups excluding carboxylic acids is 9. The monoisotopic (exact) mass is 1070 g/mol. The number of hydrogen-bond acceptors (Lipinski definition) is 10. The van der Waals surface area contributed by atoms with E-state index in [9.17, 15) is 33.6 Å². The van der Waals surface area contributed by atoms with Crippen molar-refractivity contribution in [2.45, 2.75) is 176 Å². The summed E-state index contributed by atoms with van der Waals surface area (Å²) in [4.78, 5) is 140. The van der Waals surface area contributed by atoms with E-state index in [0.717, 1.165) is 5.56 Å². The molecule has 426 valence electrons. The van der Waals surface area contributed by atoms with Crippen LogP contribution in [0.25, 0.3) is 0 Å². The van der Waals surface area contributed by atoms with Gasteiger partial charge in [-0.25, -0.2) is 4.79 Å². The van der Waals surface area contributed by atoms with Crippen molar-refractivity contribution in [3.05, 3.63) is 71.8 Å². The Labute approximate surface area is 458 Å². The maximum Gasteiger partial charge on any atom is 0.329 e. The minimum atomic E-state index is -1.40. The second kappa shape index (κ2) is 28.3. The zero-order valence-corrected chi connectivity index (χ0v) is 48.7. The Bertz CT molecular complexity index is 2360. The number of nitrogens with one attached hydrogen (secondary N) is 3. The molecule has 18 nitrogen and oxygen atoms in total. The quantitative estimate of drug-likeness (QED) is 0.246. The highest BCUT2D eigenvalue weighted by Crippen LogP contribution is 2.26. The normalized spacial score (nSPS) is 26.4. The predicted octanol–water partition coefficient (Wildman–Crippen LogP) is 4.87. The number of hydrogen-bond donors (Lipinski definition) is 3. The summed E-state index contributed by atoms with van der Waals surface area (Å²) in [5.41, 5.74) is 1.45. The molecule has 3 N–H and O–H groups in total. The first-order chi connectivity index (χ1) is 36.1. The molecular weight excluding hydrogens is 981 g/mol. The fraction of sp³-hybridized carbons (Fsp3) is 0.644.